The first kappa shape index (κ1) is 21.6. The molecule has 7 nitrogen and oxygen atoms in total. The van der Waals surface area contributed by atoms with Gasteiger partial charge in [-0.1, -0.05) is 23.9 Å². The molecule has 3 aliphatic rings. The summed E-state index contributed by atoms with van der Waals surface area (Å²) in [6.45, 7) is 5.94. The number of allylic oxidation sites excluding steroid dienone is 1. The Kier molecular flexibility index (Phi) is 6.43. The van der Waals surface area contributed by atoms with Crippen LogP contribution < -0.4 is 0 Å². The van der Waals surface area contributed by atoms with Gasteiger partial charge in [0.05, 0.1) is 43.6 Å². The van der Waals surface area contributed by atoms with Crippen molar-refractivity contribution >= 4 is 28.8 Å². The maximum Gasteiger partial charge on any atom is 0.338 e. The third-order valence-corrected chi connectivity index (χ3v) is 6.27. The minimum absolute atomic E-state index is 0.00165. The summed E-state index contributed by atoms with van der Waals surface area (Å²) in [6, 6.07) is 5.49. The standard InChI is InChI=1S/C22H24FN3O4S/c1-3-30-21(28)19-14(2)24-22-26(20(19)15-4-6-16(23)7-5-15)17(13-31-22)12-18(27)25-8-10-29-11-9-25/h4-7,13,20H,3,8-12H2,1-2H3. The molecule has 9 heteroatoms. The predicted octanol–water partition coefficient (Wildman–Crippen LogP) is 3.21. The van der Waals surface area contributed by atoms with Crippen LogP contribution >= 0.6 is 11.8 Å². The highest BCUT2D eigenvalue weighted by Crippen LogP contribution is 2.44. The van der Waals surface area contributed by atoms with Crippen LogP contribution in [-0.2, 0) is 19.1 Å². The van der Waals surface area contributed by atoms with Crippen molar-refractivity contribution in [3.8, 4) is 0 Å². The number of thioether (sulfide) groups is 1. The number of morpholine rings is 1. The van der Waals surface area contributed by atoms with Crippen molar-refractivity contribution in [1.82, 2.24) is 9.80 Å². The van der Waals surface area contributed by atoms with E-state index in [0.717, 1.165) is 11.3 Å². The van der Waals surface area contributed by atoms with Crippen LogP contribution in [0.2, 0.25) is 0 Å². The zero-order chi connectivity index (χ0) is 22.0. The van der Waals surface area contributed by atoms with E-state index in [4.69, 9.17) is 9.47 Å². The van der Waals surface area contributed by atoms with Gasteiger partial charge < -0.3 is 19.3 Å². The number of halogens is 1. The lowest BCUT2D eigenvalue weighted by Crippen LogP contribution is -2.42. The van der Waals surface area contributed by atoms with Gasteiger partial charge in [-0.2, -0.15) is 0 Å². The fraction of sp³-hybridized carbons (Fsp3) is 0.409. The Morgan fingerprint density at radius 2 is 1.97 bits per heavy atom. The molecule has 1 aromatic carbocycles. The first-order valence-corrected chi connectivity index (χ1v) is 11.1. The van der Waals surface area contributed by atoms with Crippen LogP contribution in [0.4, 0.5) is 4.39 Å². The van der Waals surface area contributed by atoms with Crippen molar-refractivity contribution in [3.63, 3.8) is 0 Å². The molecule has 0 spiro atoms. The molecule has 0 bridgehead atoms. The van der Waals surface area contributed by atoms with Crippen molar-refractivity contribution in [1.29, 1.82) is 0 Å². The Balaban J connectivity index is 1.68. The number of carbonyl (C=O) groups is 2. The smallest absolute Gasteiger partial charge is 0.338 e. The van der Waals surface area contributed by atoms with Crippen molar-refractivity contribution in [2.45, 2.75) is 26.3 Å². The van der Waals surface area contributed by atoms with E-state index >= 15 is 0 Å². The molecule has 0 aromatic heterocycles. The number of carbonyl (C=O) groups excluding carboxylic acids is 2. The van der Waals surface area contributed by atoms with Crippen LogP contribution in [0.15, 0.2) is 51.6 Å². The van der Waals surface area contributed by atoms with Crippen LogP contribution in [0.5, 0.6) is 0 Å². The van der Waals surface area contributed by atoms with E-state index in [9.17, 15) is 14.0 Å². The van der Waals surface area contributed by atoms with Gasteiger partial charge in [0.15, 0.2) is 5.17 Å². The van der Waals surface area contributed by atoms with Crippen LogP contribution in [0, 0.1) is 5.82 Å². The normalized spacial score (nSPS) is 20.9. The highest BCUT2D eigenvalue weighted by Gasteiger charge is 2.41. The lowest BCUT2D eigenvalue weighted by atomic mass is 9.94. The molecule has 4 rings (SSSR count). The van der Waals surface area contributed by atoms with Crippen LogP contribution in [-0.4, -0.2) is 59.8 Å². The van der Waals surface area contributed by atoms with Crippen molar-refractivity contribution in [3.05, 3.63) is 58.0 Å². The molecule has 31 heavy (non-hydrogen) atoms. The van der Waals surface area contributed by atoms with Crippen LogP contribution in [0.3, 0.4) is 0 Å². The fourth-order valence-corrected chi connectivity index (χ4v) is 4.84. The summed E-state index contributed by atoms with van der Waals surface area (Å²) >= 11 is 1.41. The lowest BCUT2D eigenvalue weighted by Gasteiger charge is -2.37. The molecular weight excluding hydrogens is 421 g/mol. The quantitative estimate of drug-likeness (QED) is 0.648. The van der Waals surface area contributed by atoms with Gasteiger partial charge in [0.2, 0.25) is 5.91 Å². The SMILES string of the molecule is CCOC(=O)C1=C(C)N=C2SC=C(CC(=O)N3CCOCC3)N2C1c1ccc(F)cc1. The third kappa shape index (κ3) is 4.38. The van der Waals surface area contributed by atoms with Gasteiger partial charge in [-0.3, -0.25) is 4.79 Å². The minimum atomic E-state index is -0.550. The molecule has 1 saturated heterocycles. The van der Waals surface area contributed by atoms with E-state index in [1.54, 1.807) is 30.9 Å². The largest absolute Gasteiger partial charge is 0.463 e. The molecule has 0 aliphatic carbocycles. The molecule has 1 atom stereocenters. The van der Waals surface area contributed by atoms with Gasteiger partial charge in [-0.25, -0.2) is 14.2 Å². The number of benzene rings is 1. The molecule has 1 unspecified atom stereocenters. The maximum atomic E-state index is 13.6. The first-order chi connectivity index (χ1) is 15.0. The number of aliphatic imine (C=N–C) groups is 1. The number of amides is 1. The summed E-state index contributed by atoms with van der Waals surface area (Å²) in [5.74, 6) is -0.827. The number of nitrogens with zero attached hydrogens (tertiary/aromatic N) is 3. The Morgan fingerprint density at radius 3 is 2.65 bits per heavy atom. The Bertz CT molecular complexity index is 967. The van der Waals surface area contributed by atoms with Crippen molar-refractivity contribution < 1.29 is 23.5 Å². The second kappa shape index (κ2) is 9.23. The molecule has 1 fully saturated rings. The van der Waals surface area contributed by atoms with E-state index < -0.39 is 12.0 Å². The third-order valence-electron chi connectivity index (χ3n) is 5.38. The zero-order valence-electron chi connectivity index (χ0n) is 17.5. The summed E-state index contributed by atoms with van der Waals surface area (Å²) < 4.78 is 24.3. The number of hydrogen-bond acceptors (Lipinski definition) is 7. The molecule has 1 amide bonds. The summed E-state index contributed by atoms with van der Waals surface area (Å²) in [5, 5.41) is 2.58. The van der Waals surface area contributed by atoms with Crippen molar-refractivity contribution in [2.75, 3.05) is 32.9 Å². The Labute approximate surface area is 184 Å². The number of ether oxygens (including phenoxy) is 2. The monoisotopic (exact) mass is 445 g/mol. The van der Waals surface area contributed by atoms with Gasteiger partial charge in [0, 0.05) is 18.8 Å². The Morgan fingerprint density at radius 1 is 1.26 bits per heavy atom. The maximum absolute atomic E-state index is 13.6. The molecule has 0 N–H and O–H groups in total. The molecule has 1 aromatic rings. The van der Waals surface area contributed by atoms with E-state index in [1.807, 2.05) is 10.3 Å². The topological polar surface area (TPSA) is 71.4 Å². The number of rotatable bonds is 5. The molecule has 164 valence electrons. The van der Waals surface area contributed by atoms with Gasteiger partial charge in [0.25, 0.3) is 0 Å². The predicted molar refractivity (Wildman–Crippen MR) is 115 cm³/mol. The summed E-state index contributed by atoms with van der Waals surface area (Å²) in [6.07, 6.45) is 0.179. The second-order valence-electron chi connectivity index (χ2n) is 7.33. The lowest BCUT2D eigenvalue weighted by molar-refractivity contribution is -0.139. The molecule has 0 saturated carbocycles. The van der Waals surface area contributed by atoms with E-state index in [0.29, 0.717) is 42.7 Å². The molecular formula is C22H24FN3O4S. The number of hydrogen-bond donors (Lipinski definition) is 0. The fourth-order valence-electron chi connectivity index (χ4n) is 3.88. The molecule has 3 heterocycles. The van der Waals surface area contributed by atoms with Gasteiger partial charge in [-0.15, -0.1) is 0 Å². The zero-order valence-corrected chi connectivity index (χ0v) is 18.3. The highest BCUT2D eigenvalue weighted by atomic mass is 32.2. The van der Waals surface area contributed by atoms with Crippen LogP contribution in [0.1, 0.15) is 31.9 Å². The van der Waals surface area contributed by atoms with E-state index in [1.165, 1.54) is 23.9 Å². The van der Waals surface area contributed by atoms with E-state index in [-0.39, 0.29) is 24.8 Å². The molecule has 0 radical (unpaired) electrons. The van der Waals surface area contributed by atoms with Crippen molar-refractivity contribution in [2.24, 2.45) is 4.99 Å². The summed E-state index contributed by atoms with van der Waals surface area (Å²) in [7, 11) is 0. The first-order valence-electron chi connectivity index (χ1n) is 10.2. The van der Waals surface area contributed by atoms with Crippen LogP contribution in [0.25, 0.3) is 0 Å². The summed E-state index contributed by atoms with van der Waals surface area (Å²) in [4.78, 5) is 34.0. The summed E-state index contributed by atoms with van der Waals surface area (Å²) in [5.41, 5.74) is 2.43. The average Bonchev–Trinajstić information content (AvgIpc) is 3.16. The molecule has 3 aliphatic heterocycles. The second-order valence-corrected chi connectivity index (χ2v) is 8.17. The Hall–Kier alpha value is -2.65. The average molecular weight is 446 g/mol. The van der Waals surface area contributed by atoms with E-state index in [2.05, 4.69) is 4.99 Å². The van der Waals surface area contributed by atoms with Gasteiger partial charge in [-0.05, 0) is 37.0 Å². The minimum Gasteiger partial charge on any atom is -0.463 e. The number of esters is 1. The number of amidine groups is 1. The van der Waals surface area contributed by atoms with Gasteiger partial charge in [0.1, 0.15) is 5.82 Å². The number of fused-ring (bicyclic) bond motifs is 1. The van der Waals surface area contributed by atoms with Gasteiger partial charge >= 0.3 is 5.97 Å². The highest BCUT2D eigenvalue weighted by molar-refractivity contribution is 8.16.